The van der Waals surface area contributed by atoms with E-state index in [0.29, 0.717) is 11.6 Å². The minimum atomic E-state index is -0.259. The van der Waals surface area contributed by atoms with Gasteiger partial charge in [0.25, 0.3) is 0 Å². The number of carbonyl (C=O) groups is 1. The van der Waals surface area contributed by atoms with E-state index in [1.54, 1.807) is 0 Å². The van der Waals surface area contributed by atoms with Crippen LogP contribution < -0.4 is 0 Å². The fourth-order valence-corrected chi connectivity index (χ4v) is 2.02. The number of esters is 1. The summed E-state index contributed by atoms with van der Waals surface area (Å²) in [5.41, 5.74) is 1.70. The van der Waals surface area contributed by atoms with Gasteiger partial charge in [-0.15, -0.1) is 0 Å². The molecule has 1 unspecified atom stereocenters. The van der Waals surface area contributed by atoms with Crippen LogP contribution in [0.25, 0.3) is 0 Å². The molecule has 0 N–H and O–H groups in total. The van der Waals surface area contributed by atoms with Crippen LogP contribution in [0.3, 0.4) is 0 Å². The zero-order valence-electron chi connectivity index (χ0n) is 11.8. The topological polar surface area (TPSA) is 29.5 Å². The Morgan fingerprint density at radius 2 is 2.00 bits per heavy atom. The maximum Gasteiger partial charge on any atom is 0.338 e. The molecule has 0 saturated heterocycles. The van der Waals surface area contributed by atoms with Crippen molar-refractivity contribution in [2.45, 2.75) is 39.8 Å². The molecule has 0 bridgehead atoms. The van der Waals surface area contributed by atoms with E-state index in [0.717, 1.165) is 25.1 Å². The summed E-state index contributed by atoms with van der Waals surface area (Å²) in [6, 6.07) is 8.17. The van der Waals surface area contributed by atoms with E-state index < -0.39 is 0 Å². The first kappa shape index (κ1) is 14.7. The van der Waals surface area contributed by atoms with Crippen LogP contribution in [0.2, 0.25) is 0 Å². The van der Waals surface area contributed by atoms with Gasteiger partial charge in [0.15, 0.2) is 0 Å². The van der Waals surface area contributed by atoms with Crippen molar-refractivity contribution in [3.05, 3.63) is 35.4 Å². The van der Waals surface area contributed by atoms with Gasteiger partial charge < -0.3 is 4.74 Å². The fraction of sp³-hybridized carbons (Fsp3) is 0.533. The van der Waals surface area contributed by atoms with Crippen LogP contribution in [0.4, 0.5) is 0 Å². The third kappa shape index (κ3) is 3.57. The second-order valence-corrected chi connectivity index (χ2v) is 4.47. The highest BCUT2D eigenvalue weighted by atomic mass is 16.5. The quantitative estimate of drug-likeness (QED) is 0.726. The number of ether oxygens (including phenoxy) is 1. The normalized spacial score (nSPS) is 12.5. The largest absolute Gasteiger partial charge is 0.465 e. The highest BCUT2D eigenvalue weighted by Crippen LogP contribution is 2.15. The van der Waals surface area contributed by atoms with E-state index in [1.807, 2.05) is 24.3 Å². The maximum atomic E-state index is 11.7. The van der Waals surface area contributed by atoms with Crippen LogP contribution in [0.5, 0.6) is 0 Å². The summed E-state index contributed by atoms with van der Waals surface area (Å²) in [5.74, 6) is -0.259. The molecule has 0 radical (unpaired) electrons. The van der Waals surface area contributed by atoms with E-state index in [-0.39, 0.29) is 5.97 Å². The average molecular weight is 249 g/mol. The SMILES string of the molecule is CCC(C)N(CC)Cc1ccccc1C(=O)OC. The van der Waals surface area contributed by atoms with E-state index in [1.165, 1.54) is 7.11 Å². The number of benzene rings is 1. The smallest absolute Gasteiger partial charge is 0.338 e. The third-order valence-corrected chi connectivity index (χ3v) is 3.42. The highest BCUT2D eigenvalue weighted by molar-refractivity contribution is 5.90. The third-order valence-electron chi connectivity index (χ3n) is 3.42. The minimum Gasteiger partial charge on any atom is -0.465 e. The van der Waals surface area contributed by atoms with Gasteiger partial charge in [0, 0.05) is 12.6 Å². The fourth-order valence-electron chi connectivity index (χ4n) is 2.02. The van der Waals surface area contributed by atoms with Crippen LogP contribution >= 0.6 is 0 Å². The Balaban J connectivity index is 2.92. The molecular formula is C15H23NO2. The lowest BCUT2D eigenvalue weighted by atomic mass is 10.1. The molecular weight excluding hydrogens is 226 g/mol. The number of nitrogens with zero attached hydrogens (tertiary/aromatic N) is 1. The molecule has 100 valence electrons. The lowest BCUT2D eigenvalue weighted by molar-refractivity contribution is 0.0597. The predicted octanol–water partition coefficient (Wildman–Crippen LogP) is 3.09. The van der Waals surface area contributed by atoms with Gasteiger partial charge in [-0.25, -0.2) is 4.79 Å². The minimum absolute atomic E-state index is 0.259. The number of hydrogen-bond acceptors (Lipinski definition) is 3. The Morgan fingerprint density at radius 3 is 2.56 bits per heavy atom. The lowest BCUT2D eigenvalue weighted by Crippen LogP contribution is -2.32. The van der Waals surface area contributed by atoms with E-state index in [4.69, 9.17) is 4.74 Å². The molecule has 0 saturated carbocycles. The Labute approximate surface area is 110 Å². The predicted molar refractivity (Wildman–Crippen MR) is 73.6 cm³/mol. The molecule has 1 atom stereocenters. The van der Waals surface area contributed by atoms with Crippen molar-refractivity contribution in [1.29, 1.82) is 0 Å². The summed E-state index contributed by atoms with van der Waals surface area (Å²) in [4.78, 5) is 14.1. The van der Waals surface area contributed by atoms with Crippen molar-refractivity contribution in [3.63, 3.8) is 0 Å². The molecule has 0 heterocycles. The van der Waals surface area contributed by atoms with Crippen molar-refractivity contribution in [2.24, 2.45) is 0 Å². The molecule has 0 amide bonds. The molecule has 0 aliphatic carbocycles. The molecule has 0 aliphatic rings. The van der Waals surface area contributed by atoms with Crippen molar-refractivity contribution >= 4 is 5.97 Å². The molecule has 1 rings (SSSR count). The van der Waals surface area contributed by atoms with Crippen molar-refractivity contribution in [1.82, 2.24) is 4.90 Å². The molecule has 0 aromatic heterocycles. The number of methoxy groups -OCH3 is 1. The maximum absolute atomic E-state index is 11.7. The molecule has 3 heteroatoms. The van der Waals surface area contributed by atoms with Gasteiger partial charge in [0.05, 0.1) is 12.7 Å². The average Bonchev–Trinajstić information content (AvgIpc) is 2.43. The molecule has 0 fully saturated rings. The monoisotopic (exact) mass is 249 g/mol. The zero-order valence-corrected chi connectivity index (χ0v) is 11.8. The summed E-state index contributed by atoms with van der Waals surface area (Å²) >= 11 is 0. The first-order chi connectivity index (χ1) is 8.63. The number of rotatable bonds is 6. The number of hydrogen-bond donors (Lipinski definition) is 0. The van der Waals surface area contributed by atoms with Gasteiger partial charge in [0.2, 0.25) is 0 Å². The molecule has 0 aliphatic heterocycles. The first-order valence-electron chi connectivity index (χ1n) is 6.54. The molecule has 3 nitrogen and oxygen atoms in total. The van der Waals surface area contributed by atoms with Crippen molar-refractivity contribution < 1.29 is 9.53 Å². The van der Waals surface area contributed by atoms with Gasteiger partial charge in [-0.05, 0) is 31.5 Å². The zero-order chi connectivity index (χ0) is 13.5. The Morgan fingerprint density at radius 1 is 1.33 bits per heavy atom. The van der Waals surface area contributed by atoms with Crippen LogP contribution in [0, 0.1) is 0 Å². The van der Waals surface area contributed by atoms with Gasteiger partial charge >= 0.3 is 5.97 Å². The van der Waals surface area contributed by atoms with E-state index in [9.17, 15) is 4.79 Å². The standard InChI is InChI=1S/C15H23NO2/c1-5-12(3)16(6-2)11-13-9-7-8-10-14(13)15(17)18-4/h7-10,12H,5-6,11H2,1-4H3. The van der Waals surface area contributed by atoms with Crippen molar-refractivity contribution in [3.8, 4) is 0 Å². The molecule has 18 heavy (non-hydrogen) atoms. The van der Waals surface area contributed by atoms with Crippen molar-refractivity contribution in [2.75, 3.05) is 13.7 Å². The summed E-state index contributed by atoms with van der Waals surface area (Å²) < 4.78 is 4.82. The first-order valence-corrected chi connectivity index (χ1v) is 6.54. The molecule has 1 aromatic rings. The van der Waals surface area contributed by atoms with Crippen LogP contribution in [-0.2, 0) is 11.3 Å². The van der Waals surface area contributed by atoms with Gasteiger partial charge in [-0.3, -0.25) is 4.90 Å². The summed E-state index contributed by atoms with van der Waals surface area (Å²) in [5, 5.41) is 0. The summed E-state index contributed by atoms with van der Waals surface area (Å²) in [6.07, 6.45) is 1.11. The van der Waals surface area contributed by atoms with Gasteiger partial charge in [-0.1, -0.05) is 32.0 Å². The Kier molecular flexibility index (Phi) is 5.86. The molecule has 0 spiro atoms. The van der Waals surface area contributed by atoms with Crippen LogP contribution in [0.15, 0.2) is 24.3 Å². The second kappa shape index (κ2) is 7.17. The summed E-state index contributed by atoms with van der Waals surface area (Å²) in [6.45, 7) is 8.30. The number of carbonyl (C=O) groups excluding carboxylic acids is 1. The van der Waals surface area contributed by atoms with Gasteiger partial charge in [-0.2, -0.15) is 0 Å². The Bertz CT molecular complexity index is 390. The second-order valence-electron chi connectivity index (χ2n) is 4.47. The highest BCUT2D eigenvalue weighted by Gasteiger charge is 2.15. The van der Waals surface area contributed by atoms with Crippen LogP contribution in [-0.4, -0.2) is 30.6 Å². The van der Waals surface area contributed by atoms with Gasteiger partial charge in [0.1, 0.15) is 0 Å². The van der Waals surface area contributed by atoms with E-state index >= 15 is 0 Å². The van der Waals surface area contributed by atoms with E-state index in [2.05, 4.69) is 25.7 Å². The Hall–Kier alpha value is -1.35. The summed E-state index contributed by atoms with van der Waals surface area (Å²) in [7, 11) is 1.42. The molecule has 1 aromatic carbocycles. The van der Waals surface area contributed by atoms with Crippen LogP contribution in [0.1, 0.15) is 43.1 Å². The lowest BCUT2D eigenvalue weighted by Gasteiger charge is -2.27.